The number of rotatable bonds is 8. The number of carbonyl (C=O) groups excluding carboxylic acids is 1. The van der Waals surface area contributed by atoms with Crippen molar-refractivity contribution in [3.63, 3.8) is 0 Å². The van der Waals surface area contributed by atoms with E-state index in [1.165, 1.54) is 11.8 Å². The molecule has 39 heavy (non-hydrogen) atoms. The molecule has 196 valence electrons. The molecule has 1 aliphatic rings. The number of nitrogens with zero attached hydrogens (tertiary/aromatic N) is 2. The molecule has 4 aromatic carbocycles. The molecular weight excluding hydrogens is 528 g/mol. The number of hydrogen-bond acceptors (Lipinski definition) is 5. The second kappa shape index (κ2) is 12.2. The first kappa shape index (κ1) is 26.6. The first-order valence-electron chi connectivity index (χ1n) is 12.4. The van der Waals surface area contributed by atoms with Crippen molar-refractivity contribution >= 4 is 46.2 Å². The zero-order valence-corrected chi connectivity index (χ0v) is 23.2. The van der Waals surface area contributed by atoms with E-state index in [9.17, 15) is 4.79 Å². The van der Waals surface area contributed by atoms with E-state index in [0.29, 0.717) is 39.7 Å². The van der Waals surface area contributed by atoms with E-state index < -0.39 is 0 Å². The minimum atomic E-state index is -0.0901. The molecule has 0 N–H and O–H groups in total. The summed E-state index contributed by atoms with van der Waals surface area (Å²) in [4.78, 5) is 20.7. The van der Waals surface area contributed by atoms with Crippen LogP contribution in [0.15, 0.2) is 107 Å². The maximum Gasteiger partial charge on any atom is 0.267 e. The van der Waals surface area contributed by atoms with E-state index in [1.54, 1.807) is 12.0 Å². The molecule has 4 aromatic rings. The van der Waals surface area contributed by atoms with Gasteiger partial charge in [0.1, 0.15) is 6.61 Å². The van der Waals surface area contributed by atoms with Crippen molar-refractivity contribution in [1.29, 1.82) is 0 Å². The van der Waals surface area contributed by atoms with Gasteiger partial charge in [-0.05, 0) is 66.2 Å². The predicted octanol–water partition coefficient (Wildman–Crippen LogP) is 8.04. The Balaban J connectivity index is 1.41. The summed E-state index contributed by atoms with van der Waals surface area (Å²) in [6.45, 7) is 2.79. The van der Waals surface area contributed by atoms with Crippen LogP contribution in [0.2, 0.25) is 5.02 Å². The smallest absolute Gasteiger partial charge is 0.267 e. The Morgan fingerprint density at radius 3 is 2.41 bits per heavy atom. The van der Waals surface area contributed by atoms with Gasteiger partial charge in [-0.15, -0.1) is 0 Å². The Labute approximate surface area is 237 Å². The average molecular weight is 555 g/mol. The lowest BCUT2D eigenvalue weighted by Crippen LogP contribution is -2.28. The Morgan fingerprint density at radius 2 is 1.67 bits per heavy atom. The predicted molar refractivity (Wildman–Crippen MR) is 160 cm³/mol. The monoisotopic (exact) mass is 554 g/mol. The van der Waals surface area contributed by atoms with E-state index >= 15 is 0 Å². The molecule has 1 amide bonds. The third-order valence-corrected chi connectivity index (χ3v) is 7.53. The normalized spacial score (nSPS) is 15.3. The van der Waals surface area contributed by atoms with Gasteiger partial charge in [0.15, 0.2) is 16.7 Å². The van der Waals surface area contributed by atoms with Crippen LogP contribution in [0.5, 0.6) is 11.5 Å². The van der Waals surface area contributed by atoms with Crippen molar-refractivity contribution in [3.05, 3.63) is 129 Å². The van der Waals surface area contributed by atoms with Crippen LogP contribution in [0.4, 0.5) is 5.69 Å². The van der Waals surface area contributed by atoms with Crippen LogP contribution in [-0.2, 0) is 17.9 Å². The van der Waals surface area contributed by atoms with Crippen molar-refractivity contribution in [2.75, 3.05) is 7.11 Å². The fraction of sp³-hybridized carbons (Fsp3) is 0.125. The minimum Gasteiger partial charge on any atom is -0.493 e. The minimum absolute atomic E-state index is 0.0901. The van der Waals surface area contributed by atoms with E-state index in [-0.39, 0.29) is 5.91 Å². The second-order valence-corrected chi connectivity index (χ2v) is 10.4. The number of ether oxygens (including phenoxy) is 2. The molecule has 1 heterocycles. The third kappa shape index (κ3) is 6.53. The summed E-state index contributed by atoms with van der Waals surface area (Å²) in [5.74, 6) is 1.08. The lowest BCUT2D eigenvalue weighted by molar-refractivity contribution is -0.122. The van der Waals surface area contributed by atoms with Gasteiger partial charge in [-0.1, -0.05) is 83.9 Å². The average Bonchev–Trinajstić information content (AvgIpc) is 3.23. The fourth-order valence-corrected chi connectivity index (χ4v) is 5.23. The maximum absolute atomic E-state index is 13.6. The van der Waals surface area contributed by atoms with Gasteiger partial charge >= 0.3 is 0 Å². The first-order valence-corrected chi connectivity index (χ1v) is 13.6. The summed E-state index contributed by atoms with van der Waals surface area (Å²) in [5, 5.41) is 1.29. The topological polar surface area (TPSA) is 51.1 Å². The highest BCUT2D eigenvalue weighted by molar-refractivity contribution is 8.18. The zero-order valence-electron chi connectivity index (χ0n) is 21.6. The van der Waals surface area contributed by atoms with E-state index in [4.69, 9.17) is 26.1 Å². The Kier molecular flexibility index (Phi) is 8.35. The fourth-order valence-electron chi connectivity index (χ4n) is 4.04. The maximum atomic E-state index is 13.6. The molecule has 1 saturated heterocycles. The van der Waals surface area contributed by atoms with E-state index in [1.807, 2.05) is 110 Å². The SMILES string of the molecule is COc1cc(/C=C2/SC(=Nc3ccc(C)cc3)N(Cc3ccccc3)C2=O)ccc1OCc1ccccc1Cl. The Bertz CT molecular complexity index is 1540. The molecule has 1 aliphatic heterocycles. The van der Waals surface area contributed by atoms with Crippen LogP contribution in [0.1, 0.15) is 22.3 Å². The highest BCUT2D eigenvalue weighted by Gasteiger charge is 2.33. The molecule has 1 fully saturated rings. The molecule has 0 aliphatic carbocycles. The van der Waals surface area contributed by atoms with Crippen LogP contribution >= 0.6 is 23.4 Å². The van der Waals surface area contributed by atoms with Crippen molar-refractivity contribution in [2.24, 2.45) is 4.99 Å². The van der Waals surface area contributed by atoms with Gasteiger partial charge in [-0.2, -0.15) is 0 Å². The number of thioether (sulfide) groups is 1. The molecule has 0 saturated carbocycles. The molecule has 7 heteroatoms. The second-order valence-electron chi connectivity index (χ2n) is 9.01. The van der Waals surface area contributed by atoms with Crippen LogP contribution in [-0.4, -0.2) is 23.1 Å². The van der Waals surface area contributed by atoms with E-state index in [2.05, 4.69) is 0 Å². The number of carbonyl (C=O) groups is 1. The van der Waals surface area contributed by atoms with Crippen molar-refractivity contribution in [3.8, 4) is 11.5 Å². The number of aryl methyl sites for hydroxylation is 1. The number of halogens is 1. The van der Waals surface area contributed by atoms with Crippen molar-refractivity contribution in [1.82, 2.24) is 4.90 Å². The molecule has 0 bridgehead atoms. The Hall–Kier alpha value is -4.00. The quantitative estimate of drug-likeness (QED) is 0.207. The first-order chi connectivity index (χ1) is 19.0. The molecule has 0 radical (unpaired) electrons. The summed E-state index contributed by atoms with van der Waals surface area (Å²) in [7, 11) is 1.60. The van der Waals surface area contributed by atoms with Crippen molar-refractivity contribution in [2.45, 2.75) is 20.1 Å². The zero-order chi connectivity index (χ0) is 27.2. The Morgan fingerprint density at radius 1 is 0.923 bits per heavy atom. The largest absolute Gasteiger partial charge is 0.493 e. The van der Waals surface area contributed by atoms with Gasteiger partial charge in [0.05, 0.1) is 24.2 Å². The number of amides is 1. The number of hydrogen-bond donors (Lipinski definition) is 0. The molecular formula is C32H27ClN2O3S. The van der Waals surface area contributed by atoms with Crippen molar-refractivity contribution < 1.29 is 14.3 Å². The van der Waals surface area contributed by atoms with Gasteiger partial charge in [0.2, 0.25) is 0 Å². The number of methoxy groups -OCH3 is 1. The van der Waals surface area contributed by atoms with Crippen LogP contribution in [0, 0.1) is 6.92 Å². The van der Waals surface area contributed by atoms with Gasteiger partial charge in [-0.25, -0.2) is 4.99 Å². The lowest BCUT2D eigenvalue weighted by atomic mass is 10.1. The molecule has 5 rings (SSSR count). The lowest BCUT2D eigenvalue weighted by Gasteiger charge is -2.15. The highest BCUT2D eigenvalue weighted by Crippen LogP contribution is 2.37. The molecule has 0 atom stereocenters. The standard InChI is InChI=1S/C32H27ClN2O3S/c1-22-12-15-26(16-13-22)34-32-35(20-23-8-4-3-5-9-23)31(36)30(39-32)19-24-14-17-28(29(18-24)37-2)38-21-25-10-6-7-11-27(25)33/h3-19H,20-21H2,1-2H3/b30-19+,34-32?. The van der Waals surface area contributed by atoms with Crippen LogP contribution < -0.4 is 9.47 Å². The summed E-state index contributed by atoms with van der Waals surface area (Å²) in [6.07, 6.45) is 1.86. The number of aliphatic imine (C=N–C) groups is 1. The van der Waals surface area contributed by atoms with E-state index in [0.717, 1.165) is 27.9 Å². The molecule has 0 unspecified atom stereocenters. The van der Waals surface area contributed by atoms with Gasteiger partial charge in [-0.3, -0.25) is 9.69 Å². The van der Waals surface area contributed by atoms with Crippen LogP contribution in [0.25, 0.3) is 6.08 Å². The van der Waals surface area contributed by atoms with Gasteiger partial charge in [0, 0.05) is 10.6 Å². The summed E-state index contributed by atoms with van der Waals surface area (Å²) in [6, 6.07) is 31.0. The summed E-state index contributed by atoms with van der Waals surface area (Å²) < 4.78 is 11.6. The third-order valence-electron chi connectivity index (χ3n) is 6.16. The van der Waals surface area contributed by atoms with Crippen LogP contribution in [0.3, 0.4) is 0 Å². The number of benzene rings is 4. The van der Waals surface area contributed by atoms with Gasteiger partial charge < -0.3 is 9.47 Å². The highest BCUT2D eigenvalue weighted by atomic mass is 35.5. The molecule has 0 aromatic heterocycles. The number of amidine groups is 1. The molecule has 0 spiro atoms. The summed E-state index contributed by atoms with van der Waals surface area (Å²) >= 11 is 7.63. The molecule has 5 nitrogen and oxygen atoms in total. The van der Waals surface area contributed by atoms with Gasteiger partial charge in [0.25, 0.3) is 5.91 Å². The summed E-state index contributed by atoms with van der Waals surface area (Å²) in [5.41, 5.74) is 4.70.